The molecule has 0 radical (unpaired) electrons. The summed E-state index contributed by atoms with van der Waals surface area (Å²) in [6.45, 7) is 1.88. The van der Waals surface area contributed by atoms with Crippen LogP contribution in [0.15, 0.2) is 33.8 Å². The number of benzene rings is 1. The van der Waals surface area contributed by atoms with Gasteiger partial charge in [0.15, 0.2) is 0 Å². The Kier molecular flexibility index (Phi) is 4.67. The Morgan fingerprint density at radius 2 is 2.00 bits per heavy atom. The van der Waals surface area contributed by atoms with Crippen LogP contribution in [0.5, 0.6) is 0 Å². The number of hydrogen-bond acceptors (Lipinski definition) is 3. The summed E-state index contributed by atoms with van der Waals surface area (Å²) in [5.74, 6) is 5.09. The van der Waals surface area contributed by atoms with Crippen LogP contribution >= 0.6 is 28.1 Å². The van der Waals surface area contributed by atoms with Crippen LogP contribution in [-0.4, -0.2) is 10.8 Å². The van der Waals surface area contributed by atoms with Crippen LogP contribution in [0.3, 0.4) is 0 Å². The second-order valence-corrected chi connectivity index (χ2v) is 4.11. The minimum Gasteiger partial charge on any atom is -0.300 e. The fourth-order valence-electron chi connectivity index (χ4n) is 0.923. The Morgan fingerprint density at radius 3 is 2.53 bits per heavy atom. The van der Waals surface area contributed by atoms with Crippen molar-refractivity contribution in [1.82, 2.24) is 10.9 Å². The molecule has 0 atom stereocenters. The van der Waals surface area contributed by atoms with E-state index in [4.69, 9.17) is 18.1 Å². The van der Waals surface area contributed by atoms with E-state index < -0.39 is 0 Å². The van der Waals surface area contributed by atoms with E-state index in [1.807, 2.05) is 31.2 Å². The molecule has 1 aromatic rings. The van der Waals surface area contributed by atoms with E-state index in [1.165, 1.54) is 0 Å². The average Bonchev–Trinajstić information content (AvgIpc) is 2.26. The number of hydrogen-bond donors (Lipinski definition) is 3. The van der Waals surface area contributed by atoms with Crippen molar-refractivity contribution in [1.29, 1.82) is 0 Å². The number of halogens is 1. The van der Waals surface area contributed by atoms with E-state index in [0.29, 0.717) is 0 Å². The third kappa shape index (κ3) is 3.94. The second-order valence-electron chi connectivity index (χ2n) is 2.79. The van der Waals surface area contributed by atoms with E-state index >= 15 is 0 Å². The SMILES string of the molecule is C/C(=N\NC(=S)NN)c1ccc(Br)cc1. The van der Waals surface area contributed by atoms with Crippen molar-refractivity contribution in [3.8, 4) is 0 Å². The minimum atomic E-state index is 0.284. The summed E-state index contributed by atoms with van der Waals surface area (Å²) in [6, 6.07) is 7.83. The van der Waals surface area contributed by atoms with Gasteiger partial charge >= 0.3 is 0 Å². The van der Waals surface area contributed by atoms with Crippen LogP contribution in [0.2, 0.25) is 0 Å². The van der Waals surface area contributed by atoms with Crippen LogP contribution in [0.4, 0.5) is 0 Å². The summed E-state index contributed by atoms with van der Waals surface area (Å²) in [5.41, 5.74) is 6.76. The van der Waals surface area contributed by atoms with Crippen molar-refractivity contribution in [3.63, 3.8) is 0 Å². The first-order valence-electron chi connectivity index (χ1n) is 4.20. The number of rotatable bonds is 2. The highest BCUT2D eigenvalue weighted by atomic mass is 79.9. The summed E-state index contributed by atoms with van der Waals surface area (Å²) < 4.78 is 1.03. The molecule has 0 fully saturated rings. The van der Waals surface area contributed by atoms with Gasteiger partial charge in [-0.2, -0.15) is 5.10 Å². The molecule has 1 aromatic carbocycles. The molecule has 80 valence electrons. The molecule has 0 bridgehead atoms. The summed E-state index contributed by atoms with van der Waals surface area (Å²) in [4.78, 5) is 0. The zero-order chi connectivity index (χ0) is 11.3. The maximum Gasteiger partial charge on any atom is 0.201 e. The number of hydrazone groups is 1. The highest BCUT2D eigenvalue weighted by Gasteiger charge is 1.97. The second kappa shape index (κ2) is 5.79. The lowest BCUT2D eigenvalue weighted by Crippen LogP contribution is -2.37. The first-order valence-corrected chi connectivity index (χ1v) is 5.40. The van der Waals surface area contributed by atoms with Crippen LogP contribution < -0.4 is 16.7 Å². The maximum atomic E-state index is 5.09. The number of thiocarbonyl (C=S) groups is 1. The fraction of sp³-hybridized carbons (Fsp3) is 0.111. The van der Waals surface area contributed by atoms with E-state index in [2.05, 4.69) is 31.9 Å². The van der Waals surface area contributed by atoms with Gasteiger partial charge in [-0.05, 0) is 36.8 Å². The van der Waals surface area contributed by atoms with E-state index in [0.717, 1.165) is 15.7 Å². The minimum absolute atomic E-state index is 0.284. The molecule has 0 aliphatic carbocycles. The molecule has 0 saturated carbocycles. The molecule has 0 aromatic heterocycles. The summed E-state index contributed by atoms with van der Waals surface area (Å²) in [6.07, 6.45) is 0. The van der Waals surface area contributed by atoms with E-state index in [9.17, 15) is 0 Å². The summed E-state index contributed by atoms with van der Waals surface area (Å²) in [7, 11) is 0. The van der Waals surface area contributed by atoms with Crippen molar-refractivity contribution in [2.24, 2.45) is 10.9 Å². The lowest BCUT2D eigenvalue weighted by atomic mass is 10.1. The lowest BCUT2D eigenvalue weighted by molar-refractivity contribution is 0.925. The standard InChI is InChI=1S/C9H11BrN4S/c1-6(13-14-9(15)12-11)7-2-4-8(10)5-3-7/h2-5H,11H2,1H3,(H2,12,14,15)/b13-6+. The molecule has 0 saturated heterocycles. The molecular weight excluding hydrogens is 276 g/mol. The molecule has 6 heteroatoms. The molecule has 0 spiro atoms. The maximum absolute atomic E-state index is 5.09. The largest absolute Gasteiger partial charge is 0.300 e. The Bertz CT molecular complexity index is 374. The van der Waals surface area contributed by atoms with Crippen LogP contribution in [0.25, 0.3) is 0 Å². The zero-order valence-electron chi connectivity index (χ0n) is 8.12. The quantitative estimate of drug-likeness (QED) is 0.334. The monoisotopic (exact) mass is 286 g/mol. The van der Waals surface area contributed by atoms with Crippen LogP contribution in [-0.2, 0) is 0 Å². The van der Waals surface area contributed by atoms with Gasteiger partial charge < -0.3 is 0 Å². The molecule has 0 heterocycles. The molecule has 1 rings (SSSR count). The van der Waals surface area contributed by atoms with Gasteiger partial charge in [0.25, 0.3) is 0 Å². The van der Waals surface area contributed by atoms with Gasteiger partial charge in [-0.3, -0.25) is 10.9 Å². The van der Waals surface area contributed by atoms with Crippen LogP contribution in [0, 0.1) is 0 Å². The Labute approximate surface area is 102 Å². The lowest BCUT2D eigenvalue weighted by Gasteiger charge is -2.03. The van der Waals surface area contributed by atoms with Gasteiger partial charge in [0.2, 0.25) is 5.11 Å². The normalized spacial score (nSPS) is 11.0. The molecule has 4 N–H and O–H groups in total. The first-order chi connectivity index (χ1) is 7.13. The number of nitrogens with zero attached hydrogens (tertiary/aromatic N) is 1. The van der Waals surface area contributed by atoms with Gasteiger partial charge in [0.05, 0.1) is 5.71 Å². The Morgan fingerprint density at radius 1 is 1.40 bits per heavy atom. The van der Waals surface area contributed by atoms with Crippen molar-refractivity contribution < 1.29 is 0 Å². The zero-order valence-corrected chi connectivity index (χ0v) is 10.5. The Balaban J connectivity index is 2.71. The smallest absolute Gasteiger partial charge is 0.201 e. The number of nitrogens with two attached hydrogens (primary N) is 1. The molecule has 0 aliphatic heterocycles. The topological polar surface area (TPSA) is 62.4 Å². The van der Waals surface area contributed by atoms with E-state index in [1.54, 1.807) is 0 Å². The first kappa shape index (κ1) is 12.1. The highest BCUT2D eigenvalue weighted by Crippen LogP contribution is 2.10. The summed E-state index contributed by atoms with van der Waals surface area (Å²) in [5, 5.41) is 4.35. The predicted molar refractivity (Wildman–Crippen MR) is 69.4 cm³/mol. The van der Waals surface area contributed by atoms with Gasteiger partial charge in [-0.15, -0.1) is 0 Å². The molecule has 0 unspecified atom stereocenters. The van der Waals surface area contributed by atoms with Crippen LogP contribution in [0.1, 0.15) is 12.5 Å². The molecule has 15 heavy (non-hydrogen) atoms. The van der Waals surface area contributed by atoms with E-state index in [-0.39, 0.29) is 5.11 Å². The number of hydrazine groups is 1. The highest BCUT2D eigenvalue weighted by molar-refractivity contribution is 9.10. The molecule has 0 aliphatic rings. The average molecular weight is 287 g/mol. The Hall–Kier alpha value is -0.980. The van der Waals surface area contributed by atoms with Gasteiger partial charge in [-0.1, -0.05) is 28.1 Å². The summed E-state index contributed by atoms with van der Waals surface area (Å²) >= 11 is 8.15. The van der Waals surface area contributed by atoms with Gasteiger partial charge in [-0.25, -0.2) is 5.84 Å². The number of nitrogens with one attached hydrogen (secondary N) is 2. The molecular formula is C9H11BrN4S. The predicted octanol–water partition coefficient (Wildman–Crippen LogP) is 1.51. The third-order valence-electron chi connectivity index (χ3n) is 1.72. The molecule has 4 nitrogen and oxygen atoms in total. The van der Waals surface area contributed by atoms with Crippen molar-refractivity contribution in [3.05, 3.63) is 34.3 Å². The third-order valence-corrected chi connectivity index (χ3v) is 2.46. The van der Waals surface area contributed by atoms with Crippen molar-refractivity contribution >= 4 is 39.0 Å². The van der Waals surface area contributed by atoms with Gasteiger partial charge in [0.1, 0.15) is 0 Å². The molecule has 0 amide bonds. The fourth-order valence-corrected chi connectivity index (χ4v) is 1.23. The van der Waals surface area contributed by atoms with Gasteiger partial charge in [0, 0.05) is 4.47 Å². The van der Waals surface area contributed by atoms with Crippen molar-refractivity contribution in [2.45, 2.75) is 6.92 Å². The van der Waals surface area contributed by atoms with Crippen molar-refractivity contribution in [2.75, 3.05) is 0 Å².